The van der Waals surface area contributed by atoms with Gasteiger partial charge in [-0.1, -0.05) is 64.1 Å². The van der Waals surface area contributed by atoms with Crippen LogP contribution in [0.4, 0.5) is 5.69 Å². The van der Waals surface area contributed by atoms with Crippen molar-refractivity contribution in [2.75, 3.05) is 23.7 Å². The molecule has 0 unspecified atom stereocenters. The van der Waals surface area contributed by atoms with E-state index in [1.807, 2.05) is 49.4 Å². The summed E-state index contributed by atoms with van der Waals surface area (Å²) in [6.07, 6.45) is 0.244. The first-order valence-electron chi connectivity index (χ1n) is 10.1. The van der Waals surface area contributed by atoms with Gasteiger partial charge in [-0.25, -0.2) is 8.42 Å². The number of nitrogens with zero attached hydrogens (tertiary/aromatic N) is 1. The van der Waals surface area contributed by atoms with Crippen LogP contribution in [-0.4, -0.2) is 39.8 Å². The van der Waals surface area contributed by atoms with E-state index in [0.29, 0.717) is 18.0 Å². The van der Waals surface area contributed by atoms with Crippen LogP contribution in [0.5, 0.6) is 5.75 Å². The van der Waals surface area contributed by atoms with E-state index in [0.717, 1.165) is 17.4 Å². The molecule has 1 aliphatic rings. The molecule has 2 aromatic rings. The zero-order valence-corrected chi connectivity index (χ0v) is 19.0. The van der Waals surface area contributed by atoms with Crippen molar-refractivity contribution in [3.63, 3.8) is 0 Å². The van der Waals surface area contributed by atoms with Gasteiger partial charge in [0.1, 0.15) is 5.75 Å². The summed E-state index contributed by atoms with van der Waals surface area (Å²) >= 11 is 0. The average Bonchev–Trinajstić information content (AvgIpc) is 2.69. The van der Waals surface area contributed by atoms with Crippen LogP contribution >= 0.6 is 0 Å². The second kappa shape index (κ2) is 8.30. The second-order valence-electron chi connectivity index (χ2n) is 8.89. The van der Waals surface area contributed by atoms with Crippen LogP contribution in [0.2, 0.25) is 0 Å². The number of anilines is 1. The highest BCUT2D eigenvalue weighted by atomic mass is 32.2. The summed E-state index contributed by atoms with van der Waals surface area (Å²) in [5.41, 5.74) is 2.46. The molecule has 1 heterocycles. The first-order valence-corrected chi connectivity index (χ1v) is 11.9. The highest BCUT2D eigenvalue weighted by molar-refractivity contribution is 7.92. The summed E-state index contributed by atoms with van der Waals surface area (Å²) in [6.45, 7) is 8.61. The zero-order valence-electron chi connectivity index (χ0n) is 18.2. The lowest BCUT2D eigenvalue weighted by Crippen LogP contribution is -2.51. The third-order valence-corrected chi connectivity index (χ3v) is 6.48. The third-order valence-electron chi connectivity index (χ3n) is 5.34. The molecule has 0 saturated carbocycles. The van der Waals surface area contributed by atoms with Gasteiger partial charge in [0.2, 0.25) is 10.0 Å². The van der Waals surface area contributed by atoms with Gasteiger partial charge in [-0.05, 0) is 34.6 Å². The summed E-state index contributed by atoms with van der Waals surface area (Å²) in [5.74, 6) is 0.208. The maximum Gasteiger partial charge on any atom is 0.263 e. The Kier molecular flexibility index (Phi) is 6.13. The first kappa shape index (κ1) is 22.2. The molecule has 30 heavy (non-hydrogen) atoms. The Morgan fingerprint density at radius 1 is 1.20 bits per heavy atom. The number of amides is 1. The van der Waals surface area contributed by atoms with Crippen molar-refractivity contribution < 1.29 is 17.9 Å². The molecule has 162 valence electrons. The van der Waals surface area contributed by atoms with Crippen molar-refractivity contribution >= 4 is 21.6 Å². The van der Waals surface area contributed by atoms with Gasteiger partial charge in [-0.2, -0.15) is 0 Å². The predicted octanol–water partition coefficient (Wildman–Crippen LogP) is 3.43. The predicted molar refractivity (Wildman–Crippen MR) is 120 cm³/mol. The lowest BCUT2D eigenvalue weighted by molar-refractivity contribution is -0.127. The lowest BCUT2D eigenvalue weighted by atomic mass is 9.86. The molecule has 2 aromatic carbocycles. The van der Waals surface area contributed by atoms with Crippen molar-refractivity contribution in [3.8, 4) is 5.75 Å². The zero-order chi connectivity index (χ0) is 22.1. The van der Waals surface area contributed by atoms with E-state index in [2.05, 4.69) is 26.1 Å². The topological polar surface area (TPSA) is 75.7 Å². The van der Waals surface area contributed by atoms with Crippen LogP contribution in [0, 0.1) is 0 Å². The van der Waals surface area contributed by atoms with E-state index in [4.69, 9.17) is 4.74 Å². The summed E-state index contributed by atoms with van der Waals surface area (Å²) in [4.78, 5) is 12.8. The van der Waals surface area contributed by atoms with Crippen molar-refractivity contribution in [1.29, 1.82) is 0 Å². The Morgan fingerprint density at radius 3 is 2.47 bits per heavy atom. The minimum atomic E-state index is -3.57. The maximum absolute atomic E-state index is 12.8. The van der Waals surface area contributed by atoms with Gasteiger partial charge in [-0.3, -0.25) is 9.10 Å². The van der Waals surface area contributed by atoms with Gasteiger partial charge >= 0.3 is 0 Å². The van der Waals surface area contributed by atoms with E-state index < -0.39 is 16.1 Å². The lowest BCUT2D eigenvalue weighted by Gasteiger charge is -2.35. The molecule has 0 bridgehead atoms. The fourth-order valence-corrected chi connectivity index (χ4v) is 4.34. The molecule has 0 spiro atoms. The largest absolute Gasteiger partial charge is 0.476 e. The molecule has 1 aliphatic heterocycles. The molecule has 6 nitrogen and oxygen atoms in total. The number of nitrogens with one attached hydrogen (secondary N) is 1. The van der Waals surface area contributed by atoms with Crippen molar-refractivity contribution in [1.82, 2.24) is 5.32 Å². The molecule has 1 amide bonds. The molecule has 0 aliphatic carbocycles. The molecule has 0 aromatic heterocycles. The van der Waals surface area contributed by atoms with E-state index in [9.17, 15) is 13.2 Å². The van der Waals surface area contributed by atoms with Crippen LogP contribution in [-0.2, 0) is 20.2 Å². The molecule has 2 atom stereocenters. The average molecular weight is 431 g/mol. The number of benzene rings is 2. The van der Waals surface area contributed by atoms with Gasteiger partial charge in [0.15, 0.2) is 6.10 Å². The molecule has 0 radical (unpaired) electrons. The molecular weight excluding hydrogens is 400 g/mol. The smallest absolute Gasteiger partial charge is 0.263 e. The Labute approximate surface area is 179 Å². The number of ether oxygens (including phenoxy) is 1. The van der Waals surface area contributed by atoms with Crippen LogP contribution in [0.3, 0.4) is 0 Å². The summed E-state index contributed by atoms with van der Waals surface area (Å²) < 4.78 is 32.1. The molecule has 7 heteroatoms. The number of carbonyl (C=O) groups excluding carboxylic acids is 1. The summed E-state index contributed by atoms with van der Waals surface area (Å²) in [6, 6.07) is 15.4. The van der Waals surface area contributed by atoms with E-state index in [1.54, 1.807) is 6.07 Å². The van der Waals surface area contributed by atoms with Gasteiger partial charge in [0, 0.05) is 6.54 Å². The summed E-state index contributed by atoms with van der Waals surface area (Å²) in [7, 11) is -3.57. The van der Waals surface area contributed by atoms with Crippen LogP contribution in [0.15, 0.2) is 48.5 Å². The Morgan fingerprint density at radius 2 is 1.87 bits per heavy atom. The fourth-order valence-electron chi connectivity index (χ4n) is 3.44. The normalized spacial score (nSPS) is 17.6. The van der Waals surface area contributed by atoms with Crippen LogP contribution in [0.25, 0.3) is 0 Å². The Balaban J connectivity index is 1.79. The number of fused-ring (bicyclic) bond motifs is 1. The highest BCUT2D eigenvalue weighted by Crippen LogP contribution is 2.38. The molecule has 0 saturated heterocycles. The van der Waals surface area contributed by atoms with Crippen LogP contribution in [0.1, 0.15) is 44.7 Å². The third kappa shape index (κ3) is 4.95. The molecular formula is C23H30N2O4S. The standard InChI is InChI=1S/C23H30N2O4S/c1-16(17-9-7-6-8-10-17)14-24-22(26)21-15-25(30(5,27)28)19-13-18(23(2,3)4)11-12-20(19)29-21/h6-13,16,21H,14-15H2,1-5H3,(H,24,26)/t16-,21-/m0/s1. The van der Waals surface area contributed by atoms with Gasteiger partial charge < -0.3 is 10.1 Å². The van der Waals surface area contributed by atoms with Crippen molar-refractivity contribution in [3.05, 3.63) is 59.7 Å². The van der Waals surface area contributed by atoms with Crippen molar-refractivity contribution in [2.24, 2.45) is 0 Å². The monoisotopic (exact) mass is 430 g/mol. The number of rotatable bonds is 5. The van der Waals surface area contributed by atoms with Gasteiger partial charge in [0.25, 0.3) is 5.91 Å². The number of hydrogen-bond acceptors (Lipinski definition) is 4. The second-order valence-corrected chi connectivity index (χ2v) is 10.8. The minimum Gasteiger partial charge on any atom is -0.476 e. The number of sulfonamides is 1. The molecule has 1 N–H and O–H groups in total. The Hall–Kier alpha value is -2.54. The van der Waals surface area contributed by atoms with Crippen molar-refractivity contribution in [2.45, 2.75) is 45.1 Å². The first-order chi connectivity index (χ1) is 14.0. The van der Waals surface area contributed by atoms with Gasteiger partial charge in [0.05, 0.1) is 18.5 Å². The molecule has 3 rings (SSSR count). The fraction of sp³-hybridized carbons (Fsp3) is 0.435. The summed E-state index contributed by atoms with van der Waals surface area (Å²) in [5, 5.41) is 2.90. The van der Waals surface area contributed by atoms with Gasteiger partial charge in [-0.15, -0.1) is 0 Å². The quantitative estimate of drug-likeness (QED) is 0.789. The SMILES string of the molecule is C[C@@H](CNC(=O)[C@@H]1CN(S(C)(=O)=O)c2cc(C(C)(C)C)ccc2O1)c1ccccc1. The molecule has 0 fully saturated rings. The number of hydrogen-bond donors (Lipinski definition) is 1. The minimum absolute atomic E-state index is 0.0506. The van der Waals surface area contributed by atoms with E-state index in [1.165, 1.54) is 4.31 Å². The highest BCUT2D eigenvalue weighted by Gasteiger charge is 2.35. The number of carbonyl (C=O) groups is 1. The van der Waals surface area contributed by atoms with E-state index in [-0.39, 0.29) is 23.8 Å². The van der Waals surface area contributed by atoms with Crippen LogP contribution < -0.4 is 14.4 Å². The maximum atomic E-state index is 12.8. The Bertz CT molecular complexity index is 1010. The van der Waals surface area contributed by atoms with E-state index >= 15 is 0 Å².